The first-order chi connectivity index (χ1) is 22.3. The van der Waals surface area contributed by atoms with Gasteiger partial charge in [-0.05, 0) is 42.9 Å². The highest BCUT2D eigenvalue weighted by molar-refractivity contribution is 7.92. The van der Waals surface area contributed by atoms with Gasteiger partial charge in [-0.3, -0.25) is 9.59 Å². The largest absolute Gasteiger partial charge is 0.445 e. The van der Waals surface area contributed by atoms with Crippen LogP contribution in [0.3, 0.4) is 0 Å². The van der Waals surface area contributed by atoms with Crippen LogP contribution < -0.4 is 16.0 Å². The van der Waals surface area contributed by atoms with E-state index in [0.29, 0.717) is 6.42 Å². The van der Waals surface area contributed by atoms with E-state index in [2.05, 4.69) is 16.0 Å². The number of hydrogen-bond acceptors (Lipinski definition) is 7. The maximum absolute atomic E-state index is 13.9. The molecular weight excluding hydrogens is 618 g/mol. The van der Waals surface area contributed by atoms with E-state index in [9.17, 15) is 22.8 Å². The molecule has 4 rings (SSSR count). The summed E-state index contributed by atoms with van der Waals surface area (Å²) in [5.41, 5.74) is 2.65. The molecule has 0 saturated carbocycles. The van der Waals surface area contributed by atoms with Crippen LogP contribution >= 0.6 is 0 Å². The highest BCUT2D eigenvalue weighted by Crippen LogP contribution is 2.32. The molecule has 3 aromatic rings. The first-order valence-corrected chi connectivity index (χ1v) is 17.7. The molecule has 47 heavy (non-hydrogen) atoms. The molecule has 1 aliphatic rings. The number of alkyl carbamates (subject to hydrolysis) is 1. The minimum absolute atomic E-state index is 0.0570. The Hall–Kier alpha value is -4.22. The average Bonchev–Trinajstić information content (AvgIpc) is 3.80. The van der Waals surface area contributed by atoms with Gasteiger partial charge in [0.1, 0.15) is 18.8 Å². The Morgan fingerprint density at radius 1 is 0.830 bits per heavy atom. The lowest BCUT2D eigenvalue weighted by Crippen LogP contribution is -2.62. The molecule has 1 saturated heterocycles. The zero-order valence-electron chi connectivity index (χ0n) is 27.5. The molecule has 0 radical (unpaired) electrons. The molecule has 0 aliphatic carbocycles. The standard InChI is InChI=1S/C36H45N3O7S/c1-24(2)31(27-19-13-8-14-20-27)38-30(40)22-29-32(46-29)28(21-25-15-9-6-10-16-25)37-34(41)33(36(3,4)47(5,43)44)39-35(42)45-23-26-17-11-7-12-18-26/h6-20,24,28-29,31-33H,21-23H2,1-5H3,(H,37,41)(H,38,40)(H,39,42)/t28-,29-,31+,32+,33+/m0/s1. The summed E-state index contributed by atoms with van der Waals surface area (Å²) in [6.45, 7) is 6.79. The third kappa shape index (κ3) is 9.89. The van der Waals surface area contributed by atoms with Crippen molar-refractivity contribution in [2.45, 2.75) is 82.2 Å². The van der Waals surface area contributed by atoms with E-state index in [1.807, 2.05) is 80.6 Å². The van der Waals surface area contributed by atoms with Crippen LogP contribution in [-0.2, 0) is 41.9 Å². The molecule has 0 spiro atoms. The fourth-order valence-electron chi connectivity index (χ4n) is 5.42. The Balaban J connectivity index is 1.48. The van der Waals surface area contributed by atoms with Crippen LogP contribution in [0.5, 0.6) is 0 Å². The second kappa shape index (κ2) is 15.6. The average molecular weight is 664 g/mol. The van der Waals surface area contributed by atoms with Gasteiger partial charge in [0.25, 0.3) is 0 Å². The molecule has 1 heterocycles. The number of epoxide rings is 1. The van der Waals surface area contributed by atoms with Gasteiger partial charge < -0.3 is 25.4 Å². The predicted molar refractivity (Wildman–Crippen MR) is 180 cm³/mol. The highest BCUT2D eigenvalue weighted by atomic mass is 32.2. The van der Waals surface area contributed by atoms with Crippen molar-refractivity contribution in [3.8, 4) is 0 Å². The smallest absolute Gasteiger partial charge is 0.408 e. The predicted octanol–water partition coefficient (Wildman–Crippen LogP) is 4.50. The topological polar surface area (TPSA) is 143 Å². The number of ether oxygens (including phenoxy) is 2. The highest BCUT2D eigenvalue weighted by Gasteiger charge is 2.49. The van der Waals surface area contributed by atoms with Crippen LogP contribution in [0.15, 0.2) is 91.0 Å². The summed E-state index contributed by atoms with van der Waals surface area (Å²) in [4.78, 5) is 39.9. The second-order valence-corrected chi connectivity index (χ2v) is 15.5. The normalized spacial score (nSPS) is 18.0. The van der Waals surface area contributed by atoms with Gasteiger partial charge in [-0.2, -0.15) is 0 Å². The summed E-state index contributed by atoms with van der Waals surface area (Å²) in [5, 5.41) is 8.56. The number of hydrogen-bond donors (Lipinski definition) is 3. The first kappa shape index (κ1) is 35.6. The second-order valence-electron chi connectivity index (χ2n) is 12.9. The lowest BCUT2D eigenvalue weighted by Gasteiger charge is -2.33. The Kier molecular flexibility index (Phi) is 11.8. The molecule has 0 unspecified atom stereocenters. The summed E-state index contributed by atoms with van der Waals surface area (Å²) in [6, 6.07) is 25.9. The SMILES string of the molecule is CC(C)[C@@H](NC(=O)C[C@@H]1O[C@@H]1[C@H](Cc1ccccc1)NC(=O)[C@@H](NC(=O)OCc1ccccc1)C(C)(C)S(C)(=O)=O)c1ccccc1. The van der Waals surface area contributed by atoms with Gasteiger partial charge in [0, 0.05) is 6.26 Å². The number of nitrogens with one attached hydrogen (secondary N) is 3. The van der Waals surface area contributed by atoms with Crippen LogP contribution in [-0.4, -0.2) is 61.6 Å². The number of benzene rings is 3. The molecule has 3 amide bonds. The van der Waals surface area contributed by atoms with Crippen molar-refractivity contribution in [2.75, 3.05) is 6.26 Å². The minimum atomic E-state index is -3.84. The number of carbonyl (C=O) groups excluding carboxylic acids is 3. The molecule has 3 aromatic carbocycles. The quantitative estimate of drug-likeness (QED) is 0.203. The van der Waals surface area contributed by atoms with E-state index < -0.39 is 50.9 Å². The van der Waals surface area contributed by atoms with Crippen molar-refractivity contribution < 1.29 is 32.3 Å². The molecule has 3 N–H and O–H groups in total. The zero-order chi connectivity index (χ0) is 34.2. The van der Waals surface area contributed by atoms with Gasteiger partial charge in [-0.1, -0.05) is 105 Å². The van der Waals surface area contributed by atoms with E-state index in [1.54, 1.807) is 24.3 Å². The fourth-order valence-corrected chi connectivity index (χ4v) is 6.01. The summed E-state index contributed by atoms with van der Waals surface area (Å²) < 4.78 is 35.3. The third-order valence-electron chi connectivity index (χ3n) is 8.56. The minimum Gasteiger partial charge on any atom is -0.445 e. The molecule has 0 aromatic heterocycles. The summed E-state index contributed by atoms with van der Waals surface area (Å²) in [6.07, 6.45) is -0.433. The van der Waals surface area contributed by atoms with Gasteiger partial charge in [0.2, 0.25) is 11.8 Å². The van der Waals surface area contributed by atoms with E-state index in [4.69, 9.17) is 9.47 Å². The maximum Gasteiger partial charge on any atom is 0.408 e. The zero-order valence-corrected chi connectivity index (χ0v) is 28.3. The Labute approximate surface area is 277 Å². The van der Waals surface area contributed by atoms with Crippen LogP contribution in [0.2, 0.25) is 0 Å². The summed E-state index contributed by atoms with van der Waals surface area (Å²) in [7, 11) is -3.84. The van der Waals surface area contributed by atoms with Gasteiger partial charge in [0.15, 0.2) is 9.84 Å². The van der Waals surface area contributed by atoms with Crippen molar-refractivity contribution >= 4 is 27.7 Å². The number of carbonyl (C=O) groups is 3. The lowest BCUT2D eigenvalue weighted by molar-refractivity contribution is -0.124. The number of rotatable bonds is 15. The molecule has 1 aliphatic heterocycles. The van der Waals surface area contributed by atoms with Crippen molar-refractivity contribution in [3.05, 3.63) is 108 Å². The van der Waals surface area contributed by atoms with Crippen LogP contribution in [0.4, 0.5) is 4.79 Å². The van der Waals surface area contributed by atoms with Crippen LogP contribution in [0, 0.1) is 5.92 Å². The molecular formula is C36H45N3O7S. The van der Waals surface area contributed by atoms with Crippen LogP contribution in [0.1, 0.15) is 56.8 Å². The molecule has 252 valence electrons. The molecule has 5 atom stereocenters. The van der Waals surface area contributed by atoms with E-state index >= 15 is 0 Å². The Morgan fingerprint density at radius 2 is 1.38 bits per heavy atom. The Morgan fingerprint density at radius 3 is 1.94 bits per heavy atom. The number of sulfone groups is 1. The van der Waals surface area contributed by atoms with E-state index in [-0.39, 0.29) is 30.9 Å². The van der Waals surface area contributed by atoms with Gasteiger partial charge in [-0.15, -0.1) is 0 Å². The molecule has 1 fully saturated rings. The molecule has 0 bridgehead atoms. The van der Waals surface area contributed by atoms with Crippen molar-refractivity contribution in [1.82, 2.24) is 16.0 Å². The lowest BCUT2D eigenvalue weighted by atomic mass is 9.95. The fraction of sp³-hybridized carbons (Fsp3) is 0.417. The third-order valence-corrected chi connectivity index (χ3v) is 10.7. The van der Waals surface area contributed by atoms with Gasteiger partial charge in [-0.25, -0.2) is 13.2 Å². The van der Waals surface area contributed by atoms with E-state index in [1.165, 1.54) is 13.8 Å². The summed E-state index contributed by atoms with van der Waals surface area (Å²) >= 11 is 0. The summed E-state index contributed by atoms with van der Waals surface area (Å²) in [5.74, 6) is -0.728. The van der Waals surface area contributed by atoms with Crippen molar-refractivity contribution in [1.29, 1.82) is 0 Å². The van der Waals surface area contributed by atoms with Crippen LogP contribution in [0.25, 0.3) is 0 Å². The molecule has 11 heteroatoms. The molecule has 10 nitrogen and oxygen atoms in total. The van der Waals surface area contributed by atoms with Crippen molar-refractivity contribution in [3.63, 3.8) is 0 Å². The Bertz CT molecular complexity index is 1600. The first-order valence-electron chi connectivity index (χ1n) is 15.8. The maximum atomic E-state index is 13.9. The number of amides is 3. The van der Waals surface area contributed by atoms with Gasteiger partial charge >= 0.3 is 6.09 Å². The monoisotopic (exact) mass is 663 g/mol. The van der Waals surface area contributed by atoms with Crippen molar-refractivity contribution in [2.24, 2.45) is 5.92 Å². The van der Waals surface area contributed by atoms with Gasteiger partial charge in [0.05, 0.1) is 29.4 Å². The van der Waals surface area contributed by atoms with E-state index in [0.717, 1.165) is 22.9 Å².